The fourth-order valence-corrected chi connectivity index (χ4v) is 3.40. The van der Waals surface area contributed by atoms with Gasteiger partial charge in [-0.3, -0.25) is 0 Å². The topological polar surface area (TPSA) is 86.2 Å². The fourth-order valence-electron chi connectivity index (χ4n) is 3.40. The molecule has 1 aromatic heterocycles. The van der Waals surface area contributed by atoms with Crippen molar-refractivity contribution in [2.75, 3.05) is 28.6 Å². The first kappa shape index (κ1) is 24.4. The van der Waals surface area contributed by atoms with Crippen molar-refractivity contribution in [3.63, 3.8) is 0 Å². The molecule has 3 aromatic rings. The van der Waals surface area contributed by atoms with Crippen LogP contribution in [-0.4, -0.2) is 39.3 Å². The van der Waals surface area contributed by atoms with Crippen LogP contribution in [0.5, 0.6) is 0 Å². The van der Waals surface area contributed by atoms with Gasteiger partial charge in [-0.15, -0.1) is 0 Å². The zero-order valence-corrected chi connectivity index (χ0v) is 17.6. The number of hydrogen-bond donors (Lipinski definition) is 3. The van der Waals surface area contributed by atoms with Crippen LogP contribution in [0.4, 0.5) is 60.0 Å². The van der Waals surface area contributed by atoms with E-state index in [0.29, 0.717) is 25.1 Å². The van der Waals surface area contributed by atoms with Gasteiger partial charge in [0.2, 0.25) is 17.8 Å². The van der Waals surface area contributed by atoms with E-state index in [4.69, 9.17) is 0 Å². The number of halogens is 7. The Morgan fingerprint density at radius 3 is 2.06 bits per heavy atom. The molecule has 4 rings (SSSR count). The van der Waals surface area contributed by atoms with Crippen molar-refractivity contribution in [2.24, 2.45) is 0 Å². The van der Waals surface area contributed by atoms with Crippen LogP contribution in [0.25, 0.3) is 0 Å². The maximum atomic E-state index is 13.8. The summed E-state index contributed by atoms with van der Waals surface area (Å²) in [5.74, 6) is -1.64. The summed E-state index contributed by atoms with van der Waals surface area (Å²) in [4.78, 5) is 13.9. The summed E-state index contributed by atoms with van der Waals surface area (Å²) in [5, 5.41) is 14.9. The third kappa shape index (κ3) is 6.07. The largest absolute Gasteiger partial charge is 0.416 e. The van der Waals surface area contributed by atoms with E-state index in [1.165, 1.54) is 12.1 Å². The van der Waals surface area contributed by atoms with Gasteiger partial charge in [0.05, 0.1) is 17.2 Å². The van der Waals surface area contributed by atoms with Crippen LogP contribution in [0.15, 0.2) is 42.5 Å². The van der Waals surface area contributed by atoms with E-state index >= 15 is 0 Å². The van der Waals surface area contributed by atoms with E-state index in [1.54, 1.807) is 4.90 Å². The van der Waals surface area contributed by atoms with Gasteiger partial charge in [-0.05, 0) is 42.8 Å². The zero-order valence-electron chi connectivity index (χ0n) is 17.6. The molecule has 2 aromatic carbocycles. The number of nitrogens with zero attached hydrogens (tertiary/aromatic N) is 4. The number of aromatic nitrogens is 3. The molecule has 1 saturated heterocycles. The highest BCUT2D eigenvalue weighted by molar-refractivity contribution is 5.61. The molecule has 1 aliphatic rings. The number of aliphatic hydroxyl groups excluding tert-OH is 1. The normalized spacial score (nSPS) is 16.5. The Labute approximate surface area is 193 Å². The van der Waals surface area contributed by atoms with E-state index < -0.39 is 35.4 Å². The predicted octanol–water partition coefficient (Wildman–Crippen LogP) is 5.11. The lowest BCUT2D eigenvalue weighted by atomic mass is 10.2. The molecule has 0 radical (unpaired) electrons. The maximum Gasteiger partial charge on any atom is 0.416 e. The lowest BCUT2D eigenvalue weighted by Gasteiger charge is -2.18. The number of anilines is 5. The Balaban J connectivity index is 1.69. The van der Waals surface area contributed by atoms with Gasteiger partial charge in [-0.2, -0.15) is 41.3 Å². The molecular weight excluding hydrogens is 485 g/mol. The second-order valence-corrected chi connectivity index (χ2v) is 7.73. The van der Waals surface area contributed by atoms with Gasteiger partial charge >= 0.3 is 12.4 Å². The smallest absolute Gasteiger partial charge is 0.391 e. The van der Waals surface area contributed by atoms with Crippen LogP contribution in [0.2, 0.25) is 0 Å². The second-order valence-electron chi connectivity index (χ2n) is 7.73. The molecule has 0 saturated carbocycles. The van der Waals surface area contributed by atoms with Crippen LogP contribution < -0.4 is 15.5 Å². The Bertz CT molecular complexity index is 1220. The molecule has 1 aliphatic heterocycles. The molecule has 1 fully saturated rings. The molecule has 0 spiro atoms. The van der Waals surface area contributed by atoms with Crippen LogP contribution in [-0.2, 0) is 12.4 Å². The third-order valence-electron chi connectivity index (χ3n) is 5.00. The second kappa shape index (κ2) is 9.17. The molecule has 7 nitrogen and oxygen atoms in total. The average Bonchev–Trinajstić information content (AvgIpc) is 3.18. The van der Waals surface area contributed by atoms with Gasteiger partial charge in [0, 0.05) is 24.5 Å². The standard InChI is InChI=1S/C21H17F7N6O/c22-13-6-12(21(26,27)28)8-15(9-13)30-18-31-17(32-19(33-18)34-5-4-16(35)10-34)29-14-3-1-2-11(7-14)20(23,24)25/h1-3,6-9,16,35H,4-5,10H2,(H2,29,30,31,32,33). The monoisotopic (exact) mass is 502 g/mol. The molecule has 0 aliphatic carbocycles. The van der Waals surface area contributed by atoms with Crippen molar-refractivity contribution in [1.82, 2.24) is 15.0 Å². The molecule has 35 heavy (non-hydrogen) atoms. The molecule has 0 amide bonds. The molecular formula is C21H17F7N6O. The summed E-state index contributed by atoms with van der Waals surface area (Å²) >= 11 is 0. The Morgan fingerprint density at radius 2 is 1.46 bits per heavy atom. The number of aliphatic hydroxyl groups is 1. The first-order chi connectivity index (χ1) is 16.4. The summed E-state index contributed by atoms with van der Waals surface area (Å²) in [6.07, 6.45) is -9.65. The van der Waals surface area contributed by atoms with E-state index in [2.05, 4.69) is 25.6 Å². The van der Waals surface area contributed by atoms with Crippen molar-refractivity contribution in [2.45, 2.75) is 24.9 Å². The molecule has 3 N–H and O–H groups in total. The molecule has 2 heterocycles. The Morgan fingerprint density at radius 1 is 0.829 bits per heavy atom. The van der Waals surface area contributed by atoms with Gasteiger partial charge in [-0.1, -0.05) is 6.07 Å². The van der Waals surface area contributed by atoms with Gasteiger partial charge in [0.1, 0.15) is 5.82 Å². The van der Waals surface area contributed by atoms with Crippen molar-refractivity contribution in [3.8, 4) is 0 Å². The summed E-state index contributed by atoms with van der Waals surface area (Å²) < 4.78 is 92.1. The quantitative estimate of drug-likeness (QED) is 0.419. The summed E-state index contributed by atoms with van der Waals surface area (Å²) in [7, 11) is 0. The molecule has 1 unspecified atom stereocenters. The van der Waals surface area contributed by atoms with Gasteiger partial charge in [-0.25, -0.2) is 4.39 Å². The molecule has 0 bridgehead atoms. The van der Waals surface area contributed by atoms with Gasteiger partial charge in [0.15, 0.2) is 0 Å². The Kier molecular flexibility index (Phi) is 6.40. The highest BCUT2D eigenvalue weighted by Gasteiger charge is 2.32. The number of hydrogen-bond acceptors (Lipinski definition) is 7. The summed E-state index contributed by atoms with van der Waals surface area (Å²) in [6, 6.07) is 6.02. The van der Waals surface area contributed by atoms with Crippen LogP contribution in [0.3, 0.4) is 0 Å². The van der Waals surface area contributed by atoms with E-state index in [-0.39, 0.29) is 35.8 Å². The maximum absolute atomic E-state index is 13.8. The van der Waals surface area contributed by atoms with E-state index in [1.807, 2.05) is 0 Å². The lowest BCUT2D eigenvalue weighted by molar-refractivity contribution is -0.138. The van der Waals surface area contributed by atoms with Crippen molar-refractivity contribution >= 4 is 29.2 Å². The van der Waals surface area contributed by atoms with Crippen LogP contribution in [0, 0.1) is 5.82 Å². The lowest BCUT2D eigenvalue weighted by Crippen LogP contribution is -2.24. The van der Waals surface area contributed by atoms with Crippen molar-refractivity contribution < 1.29 is 35.8 Å². The zero-order chi connectivity index (χ0) is 25.4. The van der Waals surface area contributed by atoms with Crippen molar-refractivity contribution in [1.29, 1.82) is 0 Å². The minimum atomic E-state index is -4.80. The van der Waals surface area contributed by atoms with Crippen LogP contribution >= 0.6 is 0 Å². The SMILES string of the molecule is OC1CCN(c2nc(Nc3cccc(C(F)(F)F)c3)nc(Nc3cc(F)cc(C(F)(F)F)c3)n2)C1. The number of rotatable bonds is 5. The molecule has 1 atom stereocenters. The fraction of sp³-hybridized carbons (Fsp3) is 0.286. The van der Waals surface area contributed by atoms with E-state index in [0.717, 1.165) is 18.2 Å². The number of nitrogens with one attached hydrogen (secondary N) is 2. The first-order valence-electron chi connectivity index (χ1n) is 10.1. The van der Waals surface area contributed by atoms with Gasteiger partial charge < -0.3 is 20.6 Å². The minimum absolute atomic E-state index is 0.00510. The third-order valence-corrected chi connectivity index (χ3v) is 5.00. The number of benzene rings is 2. The average molecular weight is 502 g/mol. The summed E-state index contributed by atoms with van der Waals surface area (Å²) in [5.41, 5.74) is -2.47. The Hall–Kier alpha value is -3.68. The highest BCUT2D eigenvalue weighted by atomic mass is 19.4. The van der Waals surface area contributed by atoms with E-state index in [9.17, 15) is 35.8 Å². The molecule has 14 heteroatoms. The predicted molar refractivity (Wildman–Crippen MR) is 112 cm³/mol. The first-order valence-corrected chi connectivity index (χ1v) is 10.1. The van der Waals surface area contributed by atoms with Gasteiger partial charge in [0.25, 0.3) is 0 Å². The minimum Gasteiger partial charge on any atom is -0.391 e. The number of β-amino-alcohol motifs (C(OH)–C–C–N with tert-alkyl or cyclic N) is 1. The summed E-state index contributed by atoms with van der Waals surface area (Å²) in [6.45, 7) is 0.510. The highest BCUT2D eigenvalue weighted by Crippen LogP contribution is 2.33. The molecule has 186 valence electrons. The van der Waals surface area contributed by atoms with Crippen molar-refractivity contribution in [3.05, 3.63) is 59.4 Å². The number of alkyl halides is 6. The van der Waals surface area contributed by atoms with Crippen LogP contribution in [0.1, 0.15) is 17.5 Å².